The van der Waals surface area contributed by atoms with Gasteiger partial charge in [-0.3, -0.25) is 0 Å². The normalized spacial score (nSPS) is 11.0. The number of tetrazole rings is 1. The molecular weight excluding hydrogens is 410 g/mol. The molecule has 1 N–H and O–H groups in total. The highest BCUT2D eigenvalue weighted by molar-refractivity contribution is 5.78. The van der Waals surface area contributed by atoms with Gasteiger partial charge in [-0.05, 0) is 60.2 Å². The maximum absolute atomic E-state index is 6.04. The van der Waals surface area contributed by atoms with E-state index in [0.29, 0.717) is 6.61 Å². The van der Waals surface area contributed by atoms with Gasteiger partial charge in [0.25, 0.3) is 0 Å². The highest BCUT2D eigenvalue weighted by atomic mass is 16.5. The molecule has 164 valence electrons. The number of rotatable bonds is 9. The van der Waals surface area contributed by atoms with Crippen LogP contribution in [-0.2, 0) is 32.3 Å². The molecule has 5 rings (SSSR count). The molecule has 6 heteroatoms. The number of aryl methyl sites for hydroxylation is 4. The summed E-state index contributed by atoms with van der Waals surface area (Å²) in [5.74, 6) is 1.62. The predicted octanol–water partition coefficient (Wildman–Crippen LogP) is 4.90. The molecule has 0 aliphatic heterocycles. The Labute approximate surface area is 192 Å². The second-order valence-corrected chi connectivity index (χ2v) is 8.08. The van der Waals surface area contributed by atoms with E-state index in [-0.39, 0.29) is 0 Å². The Morgan fingerprint density at radius 2 is 1.45 bits per heavy atom. The van der Waals surface area contributed by atoms with Crippen LogP contribution in [0.1, 0.15) is 28.2 Å². The van der Waals surface area contributed by atoms with E-state index in [1.165, 1.54) is 16.7 Å². The molecule has 0 aliphatic carbocycles. The molecule has 33 heavy (non-hydrogen) atoms. The third kappa shape index (κ3) is 5.60. The fourth-order valence-electron chi connectivity index (χ4n) is 3.91. The fourth-order valence-corrected chi connectivity index (χ4v) is 3.91. The SMILES string of the molecule is c1cc(CCc2cccc(OCc3ccc4ccccc4n3)c2)cc(CCc2nn[nH]n2)c1. The van der Waals surface area contributed by atoms with Gasteiger partial charge in [0.15, 0.2) is 5.82 Å². The molecular formula is C27H25N5O. The summed E-state index contributed by atoms with van der Waals surface area (Å²) >= 11 is 0. The first-order valence-corrected chi connectivity index (χ1v) is 11.2. The van der Waals surface area contributed by atoms with Crippen LogP contribution < -0.4 is 4.74 Å². The lowest BCUT2D eigenvalue weighted by atomic mass is 10.0. The van der Waals surface area contributed by atoms with E-state index in [1.807, 2.05) is 30.3 Å². The first-order chi connectivity index (χ1) is 16.3. The van der Waals surface area contributed by atoms with E-state index >= 15 is 0 Å². The van der Waals surface area contributed by atoms with Gasteiger partial charge in [-0.15, -0.1) is 10.2 Å². The molecule has 0 spiro atoms. The van der Waals surface area contributed by atoms with Crippen LogP contribution in [0.25, 0.3) is 10.9 Å². The average Bonchev–Trinajstić information content (AvgIpc) is 3.39. The smallest absolute Gasteiger partial charge is 0.174 e. The molecule has 6 nitrogen and oxygen atoms in total. The Kier molecular flexibility index (Phi) is 6.33. The van der Waals surface area contributed by atoms with Crippen LogP contribution in [-0.4, -0.2) is 25.6 Å². The minimum atomic E-state index is 0.455. The molecule has 0 fully saturated rings. The Balaban J connectivity index is 1.17. The van der Waals surface area contributed by atoms with Crippen LogP contribution in [0.5, 0.6) is 5.75 Å². The predicted molar refractivity (Wildman–Crippen MR) is 128 cm³/mol. The molecule has 0 bridgehead atoms. The van der Waals surface area contributed by atoms with Gasteiger partial charge in [0.2, 0.25) is 0 Å². The largest absolute Gasteiger partial charge is 0.487 e. The van der Waals surface area contributed by atoms with Crippen LogP contribution in [0.15, 0.2) is 84.9 Å². The van der Waals surface area contributed by atoms with Crippen LogP contribution >= 0.6 is 0 Å². The zero-order chi connectivity index (χ0) is 22.3. The van der Waals surface area contributed by atoms with Crippen molar-refractivity contribution in [3.8, 4) is 5.75 Å². The number of aromatic amines is 1. The molecule has 0 unspecified atom stereocenters. The summed E-state index contributed by atoms with van der Waals surface area (Å²) in [5, 5.41) is 15.3. The van der Waals surface area contributed by atoms with Gasteiger partial charge in [0.05, 0.1) is 11.2 Å². The van der Waals surface area contributed by atoms with Crippen molar-refractivity contribution in [2.45, 2.75) is 32.3 Å². The van der Waals surface area contributed by atoms with E-state index in [2.05, 4.69) is 75.2 Å². The van der Waals surface area contributed by atoms with Gasteiger partial charge in [-0.1, -0.05) is 65.9 Å². The lowest BCUT2D eigenvalue weighted by Crippen LogP contribution is -1.99. The van der Waals surface area contributed by atoms with E-state index < -0.39 is 0 Å². The zero-order valence-corrected chi connectivity index (χ0v) is 18.3. The van der Waals surface area contributed by atoms with Crippen molar-refractivity contribution >= 4 is 10.9 Å². The molecule has 0 atom stereocenters. The quantitative estimate of drug-likeness (QED) is 0.356. The monoisotopic (exact) mass is 435 g/mol. The minimum absolute atomic E-state index is 0.455. The maximum atomic E-state index is 6.04. The summed E-state index contributed by atoms with van der Waals surface area (Å²) in [6.07, 6.45) is 3.62. The molecule has 0 radical (unpaired) electrons. The number of benzene rings is 3. The number of ether oxygens (including phenoxy) is 1. The van der Waals surface area contributed by atoms with Gasteiger partial charge >= 0.3 is 0 Å². The van der Waals surface area contributed by atoms with Crippen molar-refractivity contribution in [1.29, 1.82) is 0 Å². The lowest BCUT2D eigenvalue weighted by molar-refractivity contribution is 0.301. The standard InChI is InChI=1S/C27H25N5O/c1-2-10-26-23(8-1)14-15-24(28-26)19-33-25-9-4-7-22(18-25)12-11-20-5-3-6-21(17-20)13-16-27-29-31-32-30-27/h1-10,14-15,17-18H,11-13,16,19H2,(H,29,30,31,32). The summed E-state index contributed by atoms with van der Waals surface area (Å²) in [6.45, 7) is 0.455. The van der Waals surface area contributed by atoms with Crippen molar-refractivity contribution in [2.75, 3.05) is 0 Å². The Morgan fingerprint density at radius 3 is 2.27 bits per heavy atom. The number of pyridine rings is 1. The number of hydrogen-bond acceptors (Lipinski definition) is 5. The van der Waals surface area contributed by atoms with Gasteiger partial charge in [0.1, 0.15) is 12.4 Å². The first-order valence-electron chi connectivity index (χ1n) is 11.2. The third-order valence-electron chi connectivity index (χ3n) is 5.66. The zero-order valence-electron chi connectivity index (χ0n) is 18.3. The van der Waals surface area contributed by atoms with Crippen molar-refractivity contribution in [2.24, 2.45) is 0 Å². The van der Waals surface area contributed by atoms with Crippen LogP contribution in [0.4, 0.5) is 0 Å². The number of aromatic nitrogens is 5. The van der Waals surface area contributed by atoms with E-state index in [0.717, 1.165) is 53.9 Å². The molecule has 0 saturated carbocycles. The lowest BCUT2D eigenvalue weighted by Gasteiger charge is -2.09. The average molecular weight is 436 g/mol. The van der Waals surface area contributed by atoms with E-state index in [9.17, 15) is 0 Å². The number of hydrogen-bond donors (Lipinski definition) is 1. The van der Waals surface area contributed by atoms with Gasteiger partial charge < -0.3 is 4.74 Å². The number of fused-ring (bicyclic) bond motifs is 1. The van der Waals surface area contributed by atoms with Gasteiger partial charge in [-0.2, -0.15) is 5.21 Å². The molecule has 2 heterocycles. The number of nitrogens with one attached hydrogen (secondary N) is 1. The molecule has 3 aromatic carbocycles. The number of nitrogens with zero attached hydrogens (tertiary/aromatic N) is 4. The summed E-state index contributed by atoms with van der Waals surface area (Å²) in [6, 6.07) is 29.3. The van der Waals surface area contributed by atoms with Crippen LogP contribution in [0.3, 0.4) is 0 Å². The molecule has 5 aromatic rings. The minimum Gasteiger partial charge on any atom is -0.487 e. The Morgan fingerprint density at radius 1 is 0.697 bits per heavy atom. The maximum Gasteiger partial charge on any atom is 0.174 e. The summed E-state index contributed by atoms with van der Waals surface area (Å²) < 4.78 is 6.04. The van der Waals surface area contributed by atoms with Crippen molar-refractivity contribution in [3.63, 3.8) is 0 Å². The van der Waals surface area contributed by atoms with Crippen molar-refractivity contribution in [3.05, 3.63) is 113 Å². The summed E-state index contributed by atoms with van der Waals surface area (Å²) in [7, 11) is 0. The second kappa shape index (κ2) is 10.0. The van der Waals surface area contributed by atoms with E-state index in [4.69, 9.17) is 9.72 Å². The molecule has 0 aliphatic rings. The highest BCUT2D eigenvalue weighted by Gasteiger charge is 2.04. The molecule has 2 aromatic heterocycles. The van der Waals surface area contributed by atoms with Gasteiger partial charge in [0, 0.05) is 11.8 Å². The number of H-pyrrole nitrogens is 1. The van der Waals surface area contributed by atoms with Crippen molar-refractivity contribution in [1.82, 2.24) is 25.6 Å². The fraction of sp³-hybridized carbons (Fsp3) is 0.185. The topological polar surface area (TPSA) is 76.6 Å². The second-order valence-electron chi connectivity index (χ2n) is 8.08. The third-order valence-corrected chi connectivity index (χ3v) is 5.66. The first kappa shape index (κ1) is 20.8. The van der Waals surface area contributed by atoms with Crippen LogP contribution in [0, 0.1) is 0 Å². The Bertz CT molecular complexity index is 1330. The van der Waals surface area contributed by atoms with Crippen LogP contribution in [0.2, 0.25) is 0 Å². The molecule has 0 saturated heterocycles. The van der Waals surface area contributed by atoms with Gasteiger partial charge in [-0.25, -0.2) is 4.98 Å². The summed E-state index contributed by atoms with van der Waals surface area (Å²) in [4.78, 5) is 4.69. The van der Waals surface area contributed by atoms with E-state index in [1.54, 1.807) is 0 Å². The number of para-hydroxylation sites is 1. The summed E-state index contributed by atoms with van der Waals surface area (Å²) in [5.41, 5.74) is 5.80. The van der Waals surface area contributed by atoms with Crippen molar-refractivity contribution < 1.29 is 4.74 Å². The molecule has 0 amide bonds. The highest BCUT2D eigenvalue weighted by Crippen LogP contribution is 2.18. The Hall–Kier alpha value is -4.06.